The molecule has 0 heterocycles. The van der Waals surface area contributed by atoms with Crippen LogP contribution in [0, 0.1) is 0 Å². The summed E-state index contributed by atoms with van der Waals surface area (Å²) < 4.78 is 4.82. The standard InChI is InChI=1S/C11H14O2.C6H14/c1-10(12)13-9-5-8-11-6-3-2-4-7-11;1-3-5-6-4-2/h2-4,6-7H,5,8-9H2,1H3;3-6H2,1-2H3. The summed E-state index contributed by atoms with van der Waals surface area (Å²) in [6.45, 7) is 6.41. The van der Waals surface area contributed by atoms with Gasteiger partial charge < -0.3 is 4.74 Å². The van der Waals surface area contributed by atoms with Crippen molar-refractivity contribution in [1.29, 1.82) is 0 Å². The van der Waals surface area contributed by atoms with E-state index in [2.05, 4.69) is 26.0 Å². The van der Waals surface area contributed by atoms with E-state index < -0.39 is 0 Å². The number of unbranched alkanes of at least 4 members (excludes halogenated alkanes) is 3. The maximum absolute atomic E-state index is 10.4. The van der Waals surface area contributed by atoms with Crippen LogP contribution in [0.3, 0.4) is 0 Å². The zero-order chi connectivity index (χ0) is 14.3. The lowest BCUT2D eigenvalue weighted by atomic mass is 10.1. The number of aryl methyl sites for hydroxylation is 1. The fraction of sp³-hybridized carbons (Fsp3) is 0.588. The molecule has 0 saturated heterocycles. The molecule has 1 aromatic rings. The van der Waals surface area contributed by atoms with Gasteiger partial charge in [0.25, 0.3) is 0 Å². The van der Waals surface area contributed by atoms with Gasteiger partial charge in [-0.05, 0) is 18.4 Å². The summed E-state index contributed by atoms with van der Waals surface area (Å²) in [6.07, 6.45) is 7.40. The molecule has 19 heavy (non-hydrogen) atoms. The minimum absolute atomic E-state index is 0.201. The van der Waals surface area contributed by atoms with Crippen molar-refractivity contribution in [3.63, 3.8) is 0 Å². The number of esters is 1. The molecule has 0 atom stereocenters. The van der Waals surface area contributed by atoms with Gasteiger partial charge in [0.1, 0.15) is 0 Å². The predicted molar refractivity (Wildman–Crippen MR) is 81.2 cm³/mol. The Morgan fingerprint density at radius 3 is 2.05 bits per heavy atom. The molecule has 0 aliphatic carbocycles. The molecule has 0 radical (unpaired) electrons. The molecule has 0 amide bonds. The van der Waals surface area contributed by atoms with Crippen LogP contribution in [0.4, 0.5) is 0 Å². The molecule has 0 fully saturated rings. The highest BCUT2D eigenvalue weighted by atomic mass is 16.5. The molecule has 0 bridgehead atoms. The van der Waals surface area contributed by atoms with Crippen molar-refractivity contribution in [1.82, 2.24) is 0 Å². The highest BCUT2D eigenvalue weighted by Crippen LogP contribution is 2.02. The zero-order valence-corrected chi connectivity index (χ0v) is 12.7. The van der Waals surface area contributed by atoms with E-state index in [9.17, 15) is 4.79 Å². The first-order valence-corrected chi connectivity index (χ1v) is 7.38. The van der Waals surface area contributed by atoms with E-state index in [0.29, 0.717) is 6.61 Å². The molecular formula is C17H28O2. The summed E-state index contributed by atoms with van der Waals surface area (Å²) in [5.74, 6) is -0.201. The topological polar surface area (TPSA) is 26.3 Å². The van der Waals surface area contributed by atoms with Gasteiger partial charge in [0.2, 0.25) is 0 Å². The number of rotatable bonds is 7. The van der Waals surface area contributed by atoms with E-state index in [1.54, 1.807) is 0 Å². The third kappa shape index (κ3) is 12.9. The fourth-order valence-electron chi connectivity index (χ4n) is 1.64. The van der Waals surface area contributed by atoms with E-state index in [1.807, 2.05) is 18.2 Å². The van der Waals surface area contributed by atoms with Crippen LogP contribution in [0.2, 0.25) is 0 Å². The van der Waals surface area contributed by atoms with Crippen molar-refractivity contribution in [2.45, 2.75) is 59.3 Å². The van der Waals surface area contributed by atoms with Crippen LogP contribution < -0.4 is 0 Å². The minimum atomic E-state index is -0.201. The summed E-state index contributed by atoms with van der Waals surface area (Å²) in [5.41, 5.74) is 1.29. The van der Waals surface area contributed by atoms with Crippen LogP contribution in [-0.4, -0.2) is 12.6 Å². The third-order valence-corrected chi connectivity index (χ3v) is 2.72. The van der Waals surface area contributed by atoms with E-state index >= 15 is 0 Å². The van der Waals surface area contributed by atoms with Crippen molar-refractivity contribution in [3.8, 4) is 0 Å². The van der Waals surface area contributed by atoms with Gasteiger partial charge in [-0.3, -0.25) is 4.79 Å². The van der Waals surface area contributed by atoms with Crippen LogP contribution in [0.5, 0.6) is 0 Å². The molecular weight excluding hydrogens is 236 g/mol. The second kappa shape index (κ2) is 13.1. The Morgan fingerprint density at radius 1 is 1.00 bits per heavy atom. The van der Waals surface area contributed by atoms with Crippen molar-refractivity contribution in [2.24, 2.45) is 0 Å². The third-order valence-electron chi connectivity index (χ3n) is 2.72. The number of carbonyl (C=O) groups is 1. The Morgan fingerprint density at radius 2 is 1.58 bits per heavy atom. The normalized spacial score (nSPS) is 9.42. The molecule has 1 rings (SSSR count). The number of ether oxygens (including phenoxy) is 1. The van der Waals surface area contributed by atoms with E-state index in [0.717, 1.165) is 12.8 Å². The highest BCUT2D eigenvalue weighted by Gasteiger charge is 1.94. The summed E-state index contributed by atoms with van der Waals surface area (Å²) in [7, 11) is 0. The minimum Gasteiger partial charge on any atom is -0.466 e. The van der Waals surface area contributed by atoms with Gasteiger partial charge in [-0.15, -0.1) is 0 Å². The molecule has 0 unspecified atom stereocenters. The first-order valence-electron chi connectivity index (χ1n) is 7.38. The van der Waals surface area contributed by atoms with Crippen molar-refractivity contribution in [2.75, 3.05) is 6.61 Å². The Labute approximate surface area is 118 Å². The Hall–Kier alpha value is -1.31. The Bertz CT molecular complexity index is 302. The van der Waals surface area contributed by atoms with Crippen LogP contribution in [-0.2, 0) is 16.0 Å². The van der Waals surface area contributed by atoms with Gasteiger partial charge in [0.05, 0.1) is 6.61 Å². The van der Waals surface area contributed by atoms with Crippen molar-refractivity contribution in [3.05, 3.63) is 35.9 Å². The molecule has 0 aromatic heterocycles. The average Bonchev–Trinajstić information content (AvgIpc) is 2.43. The lowest BCUT2D eigenvalue weighted by Crippen LogP contribution is -2.01. The summed E-state index contributed by atoms with van der Waals surface area (Å²) in [4.78, 5) is 10.4. The fourth-order valence-corrected chi connectivity index (χ4v) is 1.64. The smallest absolute Gasteiger partial charge is 0.302 e. The Kier molecular flexibility index (Phi) is 12.2. The second-order valence-corrected chi connectivity index (χ2v) is 4.64. The van der Waals surface area contributed by atoms with Crippen LogP contribution in [0.15, 0.2) is 30.3 Å². The quantitative estimate of drug-likeness (QED) is 0.524. The molecule has 0 saturated carbocycles. The monoisotopic (exact) mass is 264 g/mol. The Balaban J connectivity index is 0.000000459. The largest absolute Gasteiger partial charge is 0.466 e. The van der Waals surface area contributed by atoms with Gasteiger partial charge in [-0.2, -0.15) is 0 Å². The zero-order valence-electron chi connectivity index (χ0n) is 12.7. The van der Waals surface area contributed by atoms with Gasteiger partial charge >= 0.3 is 5.97 Å². The number of carbonyl (C=O) groups excluding carboxylic acids is 1. The van der Waals surface area contributed by atoms with Crippen molar-refractivity contribution >= 4 is 5.97 Å². The highest BCUT2D eigenvalue weighted by molar-refractivity contribution is 5.65. The van der Waals surface area contributed by atoms with Crippen LogP contribution >= 0.6 is 0 Å². The maximum atomic E-state index is 10.4. The molecule has 0 aliphatic rings. The summed E-state index contributed by atoms with van der Waals surface area (Å²) in [6, 6.07) is 10.2. The van der Waals surface area contributed by atoms with Crippen molar-refractivity contribution < 1.29 is 9.53 Å². The summed E-state index contributed by atoms with van der Waals surface area (Å²) >= 11 is 0. The van der Waals surface area contributed by atoms with Gasteiger partial charge in [0.15, 0.2) is 0 Å². The van der Waals surface area contributed by atoms with Gasteiger partial charge in [0, 0.05) is 6.92 Å². The van der Waals surface area contributed by atoms with E-state index in [1.165, 1.54) is 38.2 Å². The number of hydrogen-bond acceptors (Lipinski definition) is 2. The number of hydrogen-bond donors (Lipinski definition) is 0. The molecule has 0 N–H and O–H groups in total. The predicted octanol–water partition coefficient (Wildman–Crippen LogP) is 4.77. The second-order valence-electron chi connectivity index (χ2n) is 4.64. The van der Waals surface area contributed by atoms with Gasteiger partial charge in [-0.1, -0.05) is 69.9 Å². The van der Waals surface area contributed by atoms with E-state index in [4.69, 9.17) is 4.74 Å². The summed E-state index contributed by atoms with van der Waals surface area (Å²) in [5, 5.41) is 0. The molecule has 2 heteroatoms. The van der Waals surface area contributed by atoms with E-state index in [-0.39, 0.29) is 5.97 Å². The lowest BCUT2D eigenvalue weighted by Gasteiger charge is -2.01. The first kappa shape index (κ1) is 17.7. The molecule has 2 nitrogen and oxygen atoms in total. The lowest BCUT2D eigenvalue weighted by molar-refractivity contribution is -0.141. The van der Waals surface area contributed by atoms with Gasteiger partial charge in [-0.25, -0.2) is 0 Å². The van der Waals surface area contributed by atoms with Crippen LogP contribution in [0.25, 0.3) is 0 Å². The first-order chi connectivity index (χ1) is 9.20. The maximum Gasteiger partial charge on any atom is 0.302 e. The molecule has 0 aliphatic heterocycles. The SMILES string of the molecule is CC(=O)OCCCc1ccccc1.CCCCCC. The number of benzene rings is 1. The molecule has 108 valence electrons. The van der Waals surface area contributed by atoms with Crippen LogP contribution in [0.1, 0.15) is 58.4 Å². The molecule has 0 spiro atoms. The average molecular weight is 264 g/mol. The molecule has 1 aromatic carbocycles.